The average molecular weight is 237 g/mol. The van der Waals surface area contributed by atoms with Gasteiger partial charge in [0.25, 0.3) is 0 Å². The molecule has 0 spiro atoms. The van der Waals surface area contributed by atoms with Crippen molar-refractivity contribution >= 4 is 11.9 Å². The maximum absolute atomic E-state index is 10.8. The number of rotatable bonds is 4. The average Bonchev–Trinajstić information content (AvgIpc) is 2.20. The monoisotopic (exact) mass is 237 g/mol. The minimum Gasteiger partial charge on any atom is -0.480 e. The van der Waals surface area contributed by atoms with E-state index in [9.17, 15) is 9.59 Å². The lowest BCUT2D eigenvalue weighted by Gasteiger charge is -2.10. The Bertz CT molecular complexity index is 442. The third-order valence-electron chi connectivity index (χ3n) is 2.33. The summed E-state index contributed by atoms with van der Waals surface area (Å²) in [5, 5.41) is 8.71. The maximum Gasteiger partial charge on any atom is 0.320 e. The number of carbonyl (C=O) groups is 2. The van der Waals surface area contributed by atoms with Gasteiger partial charge in [0.2, 0.25) is 0 Å². The molecule has 0 saturated carbocycles. The summed E-state index contributed by atoms with van der Waals surface area (Å²) in [6.07, 6.45) is 0.252. The highest BCUT2D eigenvalue weighted by molar-refractivity contribution is 5.73. The number of nitrogens with two attached hydrogens (primary N) is 1. The number of hydrogen-bond acceptors (Lipinski definition) is 4. The molecule has 0 amide bonds. The van der Waals surface area contributed by atoms with Crippen LogP contribution in [0.15, 0.2) is 18.2 Å². The van der Waals surface area contributed by atoms with Gasteiger partial charge in [-0.25, -0.2) is 0 Å². The van der Waals surface area contributed by atoms with Crippen LogP contribution in [0.5, 0.6) is 5.75 Å². The van der Waals surface area contributed by atoms with Crippen molar-refractivity contribution in [2.24, 2.45) is 5.73 Å². The van der Waals surface area contributed by atoms with Crippen LogP contribution in [-0.4, -0.2) is 23.1 Å². The summed E-state index contributed by atoms with van der Waals surface area (Å²) >= 11 is 0. The summed E-state index contributed by atoms with van der Waals surface area (Å²) in [6.45, 7) is 3.14. The van der Waals surface area contributed by atoms with Gasteiger partial charge >= 0.3 is 11.9 Å². The minimum absolute atomic E-state index is 0.252. The Balaban J connectivity index is 2.82. The molecule has 1 rings (SSSR count). The Morgan fingerprint density at radius 3 is 2.59 bits per heavy atom. The predicted octanol–water partition coefficient (Wildman–Crippen LogP) is 0.875. The molecule has 0 aliphatic heterocycles. The second-order valence-corrected chi connectivity index (χ2v) is 3.83. The van der Waals surface area contributed by atoms with Gasteiger partial charge in [-0.15, -0.1) is 0 Å². The third-order valence-corrected chi connectivity index (χ3v) is 2.33. The normalized spacial score (nSPS) is 11.9. The van der Waals surface area contributed by atoms with Gasteiger partial charge in [0, 0.05) is 6.92 Å². The number of esters is 1. The smallest absolute Gasteiger partial charge is 0.320 e. The maximum atomic E-state index is 10.8. The van der Waals surface area contributed by atoms with E-state index in [0.717, 1.165) is 11.1 Å². The highest BCUT2D eigenvalue weighted by Gasteiger charge is 2.13. The van der Waals surface area contributed by atoms with Crippen LogP contribution in [0.3, 0.4) is 0 Å². The molecule has 0 saturated heterocycles. The number of benzene rings is 1. The number of aliphatic carboxylic acids is 1. The van der Waals surface area contributed by atoms with Gasteiger partial charge in [-0.2, -0.15) is 0 Å². The van der Waals surface area contributed by atoms with Gasteiger partial charge in [-0.1, -0.05) is 6.07 Å². The summed E-state index contributed by atoms with van der Waals surface area (Å²) in [4.78, 5) is 21.4. The van der Waals surface area contributed by atoms with E-state index in [2.05, 4.69) is 0 Å². The summed E-state index contributed by atoms with van der Waals surface area (Å²) in [6, 6.07) is 4.10. The fourth-order valence-electron chi connectivity index (χ4n) is 1.45. The molecule has 0 heterocycles. The molecule has 1 aromatic rings. The summed E-state index contributed by atoms with van der Waals surface area (Å²) < 4.78 is 4.92. The van der Waals surface area contributed by atoms with Crippen LogP contribution in [0.1, 0.15) is 18.1 Å². The number of hydrogen-bond donors (Lipinski definition) is 2. The molecule has 1 unspecified atom stereocenters. The quantitative estimate of drug-likeness (QED) is 0.599. The van der Waals surface area contributed by atoms with Gasteiger partial charge in [0.05, 0.1) is 0 Å². The highest BCUT2D eigenvalue weighted by Crippen LogP contribution is 2.18. The van der Waals surface area contributed by atoms with E-state index in [-0.39, 0.29) is 12.4 Å². The van der Waals surface area contributed by atoms with E-state index in [0.29, 0.717) is 5.75 Å². The molecule has 3 N–H and O–H groups in total. The van der Waals surface area contributed by atoms with Gasteiger partial charge in [0.1, 0.15) is 11.8 Å². The molecule has 5 nitrogen and oxygen atoms in total. The van der Waals surface area contributed by atoms with Crippen LogP contribution in [0.25, 0.3) is 0 Å². The Morgan fingerprint density at radius 1 is 1.47 bits per heavy atom. The highest BCUT2D eigenvalue weighted by atomic mass is 16.5. The predicted molar refractivity (Wildman–Crippen MR) is 61.8 cm³/mol. The number of carbonyl (C=O) groups excluding carboxylic acids is 1. The molecule has 0 fully saturated rings. The van der Waals surface area contributed by atoms with E-state index >= 15 is 0 Å². The fraction of sp³-hybridized carbons (Fsp3) is 0.333. The first-order chi connectivity index (χ1) is 7.90. The van der Waals surface area contributed by atoms with E-state index in [1.807, 2.05) is 6.92 Å². The van der Waals surface area contributed by atoms with Crippen molar-refractivity contribution in [1.29, 1.82) is 0 Å². The molecule has 0 aromatic heterocycles. The summed E-state index contributed by atoms with van der Waals surface area (Å²) in [7, 11) is 0. The van der Waals surface area contributed by atoms with Crippen molar-refractivity contribution in [1.82, 2.24) is 0 Å². The van der Waals surface area contributed by atoms with Crippen LogP contribution in [0.4, 0.5) is 0 Å². The Labute approximate surface area is 99.2 Å². The molecule has 0 bridgehead atoms. The van der Waals surface area contributed by atoms with E-state index < -0.39 is 12.0 Å². The zero-order chi connectivity index (χ0) is 13.0. The molecular weight excluding hydrogens is 222 g/mol. The van der Waals surface area contributed by atoms with Gasteiger partial charge in [-0.05, 0) is 36.6 Å². The first kappa shape index (κ1) is 13.2. The van der Waals surface area contributed by atoms with Crippen molar-refractivity contribution in [2.45, 2.75) is 26.3 Å². The van der Waals surface area contributed by atoms with Crippen LogP contribution in [0.2, 0.25) is 0 Å². The van der Waals surface area contributed by atoms with E-state index in [1.165, 1.54) is 6.92 Å². The van der Waals surface area contributed by atoms with E-state index in [4.69, 9.17) is 15.6 Å². The molecular formula is C12H15NO4. The lowest BCUT2D eigenvalue weighted by molar-refractivity contribution is -0.138. The lowest BCUT2D eigenvalue weighted by Crippen LogP contribution is -2.32. The third kappa shape index (κ3) is 3.88. The molecule has 0 aliphatic rings. The number of ether oxygens (including phenoxy) is 1. The largest absolute Gasteiger partial charge is 0.480 e. The standard InChI is InChI=1S/C12H15NO4/c1-7-5-10(17-8(2)14)4-3-9(7)6-11(13)12(15)16/h3-5,11H,6,13H2,1-2H3,(H,15,16). The van der Waals surface area contributed by atoms with Crippen molar-refractivity contribution in [3.8, 4) is 5.75 Å². The van der Waals surface area contributed by atoms with Gasteiger partial charge in [0.15, 0.2) is 0 Å². The van der Waals surface area contributed by atoms with Gasteiger partial charge in [-0.3, -0.25) is 9.59 Å². The SMILES string of the molecule is CC(=O)Oc1ccc(CC(N)C(=O)O)c(C)c1. The summed E-state index contributed by atoms with van der Waals surface area (Å²) in [5.74, 6) is -0.976. The topological polar surface area (TPSA) is 89.6 Å². The Morgan fingerprint density at radius 2 is 2.12 bits per heavy atom. The fourth-order valence-corrected chi connectivity index (χ4v) is 1.45. The van der Waals surface area contributed by atoms with Crippen LogP contribution in [-0.2, 0) is 16.0 Å². The molecule has 17 heavy (non-hydrogen) atoms. The first-order valence-electron chi connectivity index (χ1n) is 5.16. The first-order valence-corrected chi connectivity index (χ1v) is 5.16. The molecule has 92 valence electrons. The number of carboxylic acids is 1. The van der Waals surface area contributed by atoms with Crippen LogP contribution < -0.4 is 10.5 Å². The van der Waals surface area contributed by atoms with Crippen LogP contribution in [0, 0.1) is 6.92 Å². The molecule has 5 heteroatoms. The second kappa shape index (κ2) is 5.45. The summed E-state index contributed by atoms with van der Waals surface area (Å²) in [5.41, 5.74) is 7.13. The van der Waals surface area contributed by atoms with Gasteiger partial charge < -0.3 is 15.6 Å². The van der Waals surface area contributed by atoms with E-state index in [1.54, 1.807) is 18.2 Å². The second-order valence-electron chi connectivity index (χ2n) is 3.83. The van der Waals surface area contributed by atoms with Crippen molar-refractivity contribution in [2.75, 3.05) is 0 Å². The van der Waals surface area contributed by atoms with Crippen LogP contribution >= 0.6 is 0 Å². The number of aryl methyl sites for hydroxylation is 1. The minimum atomic E-state index is -1.03. The zero-order valence-corrected chi connectivity index (χ0v) is 9.77. The molecule has 1 atom stereocenters. The molecule has 0 aliphatic carbocycles. The molecule has 1 aromatic carbocycles. The zero-order valence-electron chi connectivity index (χ0n) is 9.77. The number of carboxylic acid groups (broad SMARTS) is 1. The van der Waals surface area contributed by atoms with Crippen molar-refractivity contribution < 1.29 is 19.4 Å². The van der Waals surface area contributed by atoms with Crippen molar-refractivity contribution in [3.05, 3.63) is 29.3 Å². The lowest BCUT2D eigenvalue weighted by atomic mass is 10.0. The Hall–Kier alpha value is -1.88. The Kier molecular flexibility index (Phi) is 4.23. The van der Waals surface area contributed by atoms with Crippen molar-refractivity contribution in [3.63, 3.8) is 0 Å². The molecule has 0 radical (unpaired) electrons.